The third-order valence-corrected chi connectivity index (χ3v) is 3.15. The topological polar surface area (TPSA) is 55.6 Å². The number of aromatic nitrogens is 4. The van der Waals surface area contributed by atoms with Gasteiger partial charge >= 0.3 is 0 Å². The number of hydrogen-bond acceptors (Lipinski definition) is 5. The summed E-state index contributed by atoms with van der Waals surface area (Å²) >= 11 is 1.40. The number of hydrogen-bond donors (Lipinski definition) is 1. The molecule has 6 heteroatoms. The molecule has 1 N–H and O–H groups in total. The van der Waals surface area contributed by atoms with Crippen molar-refractivity contribution in [2.75, 3.05) is 7.05 Å². The number of imidazole rings is 1. The van der Waals surface area contributed by atoms with Crippen LogP contribution in [-0.2, 0) is 6.54 Å². The van der Waals surface area contributed by atoms with Crippen molar-refractivity contribution >= 4 is 11.5 Å². The quantitative estimate of drug-likeness (QED) is 0.855. The Bertz CT molecular complexity index is 422. The van der Waals surface area contributed by atoms with Crippen molar-refractivity contribution in [1.82, 2.24) is 24.5 Å². The van der Waals surface area contributed by atoms with E-state index in [9.17, 15) is 0 Å². The summed E-state index contributed by atoms with van der Waals surface area (Å²) in [6.45, 7) is 3.14. The van der Waals surface area contributed by atoms with Crippen molar-refractivity contribution in [3.05, 3.63) is 29.3 Å². The van der Waals surface area contributed by atoms with Gasteiger partial charge in [-0.05, 0) is 25.0 Å². The second-order valence-corrected chi connectivity index (χ2v) is 4.34. The van der Waals surface area contributed by atoms with E-state index in [-0.39, 0.29) is 6.04 Å². The number of aryl methyl sites for hydroxylation is 1. The first-order valence-corrected chi connectivity index (χ1v) is 6.09. The Morgan fingerprint density at radius 1 is 1.56 bits per heavy atom. The first-order valence-electron chi connectivity index (χ1n) is 5.32. The van der Waals surface area contributed by atoms with Crippen molar-refractivity contribution in [3.8, 4) is 0 Å². The maximum Gasteiger partial charge on any atom is 0.131 e. The van der Waals surface area contributed by atoms with Crippen LogP contribution >= 0.6 is 11.5 Å². The van der Waals surface area contributed by atoms with Gasteiger partial charge in [-0.3, -0.25) is 0 Å². The van der Waals surface area contributed by atoms with Crippen LogP contribution < -0.4 is 5.32 Å². The minimum absolute atomic E-state index is 0.0848. The first-order chi connectivity index (χ1) is 7.86. The van der Waals surface area contributed by atoms with Crippen LogP contribution in [0.25, 0.3) is 0 Å². The summed E-state index contributed by atoms with van der Waals surface area (Å²) in [5.41, 5.74) is 0. The Morgan fingerprint density at radius 3 is 3.06 bits per heavy atom. The summed E-state index contributed by atoms with van der Waals surface area (Å²) in [5.74, 6) is 1.02. The molecule has 5 nitrogen and oxygen atoms in total. The molecule has 1 unspecified atom stereocenters. The van der Waals surface area contributed by atoms with E-state index >= 15 is 0 Å². The van der Waals surface area contributed by atoms with E-state index in [1.54, 1.807) is 6.20 Å². The molecule has 0 saturated heterocycles. The second kappa shape index (κ2) is 5.18. The highest BCUT2D eigenvalue weighted by atomic mass is 32.1. The standard InChI is InChI=1S/C10H15N5S/c1-3-5-15-6-4-12-10(15)9(11-2)8-7-13-14-16-8/h4,6-7,9,11H,3,5H2,1-2H3. The van der Waals surface area contributed by atoms with Crippen LogP contribution in [0.15, 0.2) is 18.6 Å². The zero-order valence-electron chi connectivity index (χ0n) is 9.42. The van der Waals surface area contributed by atoms with Crippen LogP contribution in [0.2, 0.25) is 0 Å². The molecule has 2 rings (SSSR count). The van der Waals surface area contributed by atoms with E-state index in [1.165, 1.54) is 11.5 Å². The SMILES string of the molecule is CCCn1ccnc1C(NC)c1cnns1. The predicted molar refractivity (Wildman–Crippen MR) is 63.3 cm³/mol. The highest BCUT2D eigenvalue weighted by Gasteiger charge is 2.18. The predicted octanol–water partition coefficient (Wildman–Crippen LogP) is 1.45. The van der Waals surface area contributed by atoms with Crippen molar-refractivity contribution in [2.24, 2.45) is 0 Å². The molecule has 0 amide bonds. The molecule has 0 saturated carbocycles. The Labute approximate surface area is 98.7 Å². The van der Waals surface area contributed by atoms with Crippen LogP contribution in [0, 0.1) is 0 Å². The van der Waals surface area contributed by atoms with Gasteiger partial charge in [-0.25, -0.2) is 4.98 Å². The van der Waals surface area contributed by atoms with Crippen molar-refractivity contribution in [3.63, 3.8) is 0 Å². The molecule has 0 aliphatic heterocycles. The Balaban J connectivity index is 2.30. The molecule has 1 atom stereocenters. The fraction of sp³-hybridized carbons (Fsp3) is 0.500. The van der Waals surface area contributed by atoms with Crippen LogP contribution in [-0.4, -0.2) is 26.2 Å². The highest BCUT2D eigenvalue weighted by molar-refractivity contribution is 7.05. The van der Waals surface area contributed by atoms with Gasteiger partial charge in [0.1, 0.15) is 11.9 Å². The van der Waals surface area contributed by atoms with Crippen LogP contribution in [0.3, 0.4) is 0 Å². The third kappa shape index (κ3) is 2.12. The van der Waals surface area contributed by atoms with E-state index in [0.29, 0.717) is 0 Å². The molecule has 0 aromatic carbocycles. The van der Waals surface area contributed by atoms with Crippen molar-refractivity contribution < 1.29 is 0 Å². The summed E-state index contributed by atoms with van der Waals surface area (Å²) in [7, 11) is 1.93. The maximum atomic E-state index is 4.41. The van der Waals surface area contributed by atoms with E-state index in [1.807, 2.05) is 19.4 Å². The molecule has 2 aromatic rings. The number of nitrogens with one attached hydrogen (secondary N) is 1. The van der Waals surface area contributed by atoms with E-state index in [0.717, 1.165) is 23.7 Å². The van der Waals surface area contributed by atoms with Gasteiger partial charge in [-0.15, -0.1) is 5.10 Å². The number of nitrogens with zero attached hydrogens (tertiary/aromatic N) is 4. The highest BCUT2D eigenvalue weighted by Crippen LogP contribution is 2.22. The van der Waals surface area contributed by atoms with Gasteiger partial charge < -0.3 is 9.88 Å². The summed E-state index contributed by atoms with van der Waals surface area (Å²) < 4.78 is 6.06. The first kappa shape index (κ1) is 11.2. The molecule has 0 radical (unpaired) electrons. The van der Waals surface area contributed by atoms with Gasteiger partial charge in [0, 0.05) is 18.9 Å². The molecule has 0 bridgehead atoms. The Morgan fingerprint density at radius 2 is 2.44 bits per heavy atom. The molecule has 2 heterocycles. The lowest BCUT2D eigenvalue weighted by Gasteiger charge is -2.15. The lowest BCUT2D eigenvalue weighted by atomic mass is 10.2. The fourth-order valence-corrected chi connectivity index (χ4v) is 2.32. The molecule has 2 aromatic heterocycles. The molecule has 16 heavy (non-hydrogen) atoms. The molecule has 0 fully saturated rings. The Hall–Kier alpha value is -1.27. The minimum atomic E-state index is 0.0848. The largest absolute Gasteiger partial charge is 0.333 e. The van der Waals surface area contributed by atoms with Gasteiger partial charge in [-0.1, -0.05) is 11.4 Å². The summed E-state index contributed by atoms with van der Waals surface area (Å²) in [4.78, 5) is 5.50. The van der Waals surface area contributed by atoms with Gasteiger partial charge in [0.15, 0.2) is 0 Å². The minimum Gasteiger partial charge on any atom is -0.333 e. The van der Waals surface area contributed by atoms with Gasteiger partial charge in [-0.2, -0.15) is 0 Å². The fourth-order valence-electron chi connectivity index (χ4n) is 1.71. The average Bonchev–Trinajstić information content (AvgIpc) is 2.92. The molecule has 0 aliphatic carbocycles. The summed E-state index contributed by atoms with van der Waals surface area (Å²) in [6, 6.07) is 0.0848. The van der Waals surface area contributed by atoms with Gasteiger partial charge in [0.2, 0.25) is 0 Å². The normalized spacial score (nSPS) is 12.9. The van der Waals surface area contributed by atoms with E-state index in [2.05, 4.69) is 31.4 Å². The average molecular weight is 237 g/mol. The van der Waals surface area contributed by atoms with Crippen LogP contribution in [0.4, 0.5) is 0 Å². The van der Waals surface area contributed by atoms with E-state index in [4.69, 9.17) is 0 Å². The number of rotatable bonds is 5. The van der Waals surface area contributed by atoms with Crippen LogP contribution in [0.1, 0.15) is 30.1 Å². The Kier molecular flexibility index (Phi) is 3.63. The third-order valence-electron chi connectivity index (χ3n) is 2.42. The van der Waals surface area contributed by atoms with Gasteiger partial charge in [0.05, 0.1) is 11.1 Å². The molecular weight excluding hydrogens is 222 g/mol. The maximum absolute atomic E-state index is 4.41. The monoisotopic (exact) mass is 237 g/mol. The van der Waals surface area contributed by atoms with Gasteiger partial charge in [0.25, 0.3) is 0 Å². The second-order valence-electron chi connectivity index (χ2n) is 3.52. The molecule has 86 valence electrons. The smallest absolute Gasteiger partial charge is 0.131 e. The lowest BCUT2D eigenvalue weighted by Crippen LogP contribution is -2.21. The summed E-state index contributed by atoms with van der Waals surface area (Å²) in [6.07, 6.45) is 6.74. The molecular formula is C10H15N5S. The lowest BCUT2D eigenvalue weighted by molar-refractivity contribution is 0.572. The van der Waals surface area contributed by atoms with Crippen LogP contribution in [0.5, 0.6) is 0 Å². The zero-order chi connectivity index (χ0) is 11.4. The van der Waals surface area contributed by atoms with E-state index < -0.39 is 0 Å². The van der Waals surface area contributed by atoms with Crippen molar-refractivity contribution in [2.45, 2.75) is 25.9 Å². The molecule has 0 aliphatic rings. The van der Waals surface area contributed by atoms with Crippen molar-refractivity contribution in [1.29, 1.82) is 0 Å². The summed E-state index contributed by atoms with van der Waals surface area (Å²) in [5, 5.41) is 7.12. The zero-order valence-corrected chi connectivity index (χ0v) is 10.2. The molecule has 0 spiro atoms.